The molecule has 0 unspecified atom stereocenters. The highest BCUT2D eigenvalue weighted by molar-refractivity contribution is 8.00. The van der Waals surface area contributed by atoms with Gasteiger partial charge in [-0.2, -0.15) is 0 Å². The van der Waals surface area contributed by atoms with E-state index < -0.39 is 11.6 Å². The molecular weight excluding hydrogens is 1240 g/mol. The molecule has 0 aliphatic carbocycles. The highest BCUT2D eigenvalue weighted by atomic mass is 32.2. The molecule has 0 bridgehead atoms. The quantitative estimate of drug-likeness (QED) is 0.113. The molecule has 4 aliphatic heterocycles. The summed E-state index contributed by atoms with van der Waals surface area (Å²) >= 11 is 1.76. The van der Waals surface area contributed by atoms with Gasteiger partial charge in [0.1, 0.15) is 5.82 Å². The first-order valence-corrected chi connectivity index (χ1v) is 34.7. The minimum Gasteiger partial charge on any atom is -0.311 e. The number of para-hydroxylation sites is 7. The third-order valence-electron chi connectivity index (χ3n) is 20.1. The molecule has 15 aromatic rings. The van der Waals surface area contributed by atoms with Crippen molar-refractivity contribution in [2.24, 2.45) is 0 Å². The lowest BCUT2D eigenvalue weighted by atomic mass is 9.31. The molecule has 0 saturated heterocycles. The van der Waals surface area contributed by atoms with Crippen molar-refractivity contribution in [3.05, 3.63) is 370 Å². The molecule has 0 fully saturated rings. The molecule has 0 aromatic heterocycles. The van der Waals surface area contributed by atoms with E-state index in [1.807, 2.05) is 36.4 Å². The molecular formula is C90H59B2F2N5S. The second kappa shape index (κ2) is 24.3. The van der Waals surface area contributed by atoms with E-state index in [1.165, 1.54) is 17.0 Å². The normalized spacial score (nSPS) is 12.8. The van der Waals surface area contributed by atoms with E-state index in [0.29, 0.717) is 11.1 Å². The monoisotopic (exact) mass is 1300 g/mol. The van der Waals surface area contributed by atoms with Crippen LogP contribution in [0.5, 0.6) is 0 Å². The van der Waals surface area contributed by atoms with E-state index in [1.54, 1.807) is 11.8 Å². The van der Waals surface area contributed by atoms with Gasteiger partial charge >= 0.3 is 0 Å². The van der Waals surface area contributed by atoms with Crippen LogP contribution in [0.3, 0.4) is 0 Å². The molecule has 19 rings (SSSR count). The van der Waals surface area contributed by atoms with Crippen LogP contribution >= 0.6 is 11.8 Å². The van der Waals surface area contributed by atoms with E-state index in [9.17, 15) is 0 Å². The average molecular weight is 1300 g/mol. The van der Waals surface area contributed by atoms with Crippen LogP contribution in [0, 0.1) is 11.6 Å². The third kappa shape index (κ3) is 9.77. The Bertz CT molecular complexity index is 5610. The van der Waals surface area contributed by atoms with Crippen molar-refractivity contribution < 1.29 is 8.78 Å². The fraction of sp³-hybridized carbons (Fsp3) is 0. The first-order valence-electron chi connectivity index (χ1n) is 33.9. The van der Waals surface area contributed by atoms with Crippen molar-refractivity contribution in [3.63, 3.8) is 0 Å². The van der Waals surface area contributed by atoms with Crippen LogP contribution in [0.4, 0.5) is 94.1 Å². The van der Waals surface area contributed by atoms with Crippen LogP contribution in [0.2, 0.25) is 0 Å². The van der Waals surface area contributed by atoms with Crippen molar-refractivity contribution in [3.8, 4) is 33.4 Å². The van der Waals surface area contributed by atoms with Crippen LogP contribution in [0.15, 0.2) is 368 Å². The molecule has 0 saturated carbocycles. The van der Waals surface area contributed by atoms with Crippen molar-refractivity contribution in [1.29, 1.82) is 0 Å². The highest BCUT2D eigenvalue weighted by Crippen LogP contribution is 2.54. The third-order valence-corrected chi connectivity index (χ3v) is 21.2. The summed E-state index contributed by atoms with van der Waals surface area (Å²) < 4.78 is 35.5. The van der Waals surface area contributed by atoms with E-state index in [0.717, 1.165) is 140 Å². The van der Waals surface area contributed by atoms with Gasteiger partial charge in [0.25, 0.3) is 6.71 Å². The van der Waals surface area contributed by atoms with E-state index in [2.05, 4.69) is 334 Å². The lowest BCUT2D eigenvalue weighted by Crippen LogP contribution is -2.64. The maximum Gasteiger partial charge on any atom is 0.252 e. The van der Waals surface area contributed by atoms with Gasteiger partial charge in [0, 0.05) is 95.2 Å². The lowest BCUT2D eigenvalue weighted by Gasteiger charge is -2.46. The Morgan fingerprint density at radius 1 is 0.270 bits per heavy atom. The molecule has 100 heavy (non-hydrogen) atoms. The Morgan fingerprint density at radius 2 is 0.710 bits per heavy atom. The van der Waals surface area contributed by atoms with Gasteiger partial charge in [-0.25, -0.2) is 8.78 Å². The van der Waals surface area contributed by atoms with Gasteiger partial charge < -0.3 is 24.5 Å². The zero-order valence-electron chi connectivity index (χ0n) is 54.1. The Morgan fingerprint density at radius 3 is 1.29 bits per heavy atom. The van der Waals surface area contributed by atoms with E-state index in [4.69, 9.17) is 0 Å². The van der Waals surface area contributed by atoms with Crippen molar-refractivity contribution in [2.75, 3.05) is 24.5 Å². The van der Waals surface area contributed by atoms with E-state index in [-0.39, 0.29) is 19.1 Å². The molecule has 15 aromatic carbocycles. The van der Waals surface area contributed by atoms with Crippen molar-refractivity contribution in [2.45, 2.75) is 9.79 Å². The Kier molecular flexibility index (Phi) is 14.3. The summed E-state index contributed by atoms with van der Waals surface area (Å²) in [6.07, 6.45) is 0. The first-order chi connectivity index (χ1) is 49.5. The fourth-order valence-corrected chi connectivity index (χ4v) is 17.2. The minimum atomic E-state index is -0.685. The smallest absolute Gasteiger partial charge is 0.252 e. The predicted octanol–water partition coefficient (Wildman–Crippen LogP) is 20.8. The number of rotatable bonds is 12. The molecule has 4 aliphatic rings. The molecule has 0 amide bonds. The second-order valence-corrected chi connectivity index (χ2v) is 26.9. The number of halogens is 2. The molecule has 470 valence electrons. The lowest BCUT2D eigenvalue weighted by molar-refractivity contribution is 0.585. The predicted molar refractivity (Wildman–Crippen MR) is 416 cm³/mol. The summed E-state index contributed by atoms with van der Waals surface area (Å²) in [5.41, 5.74) is 25.8. The molecule has 10 heteroatoms. The zero-order chi connectivity index (χ0) is 66.4. The van der Waals surface area contributed by atoms with Crippen LogP contribution in [0.25, 0.3) is 33.4 Å². The molecule has 0 atom stereocenters. The summed E-state index contributed by atoms with van der Waals surface area (Å²) in [6, 6.07) is 125. The van der Waals surface area contributed by atoms with Gasteiger partial charge in [-0.15, -0.1) is 0 Å². The SMILES string of the molecule is Fc1cc(F)c(N2c3cc4c(cc3B3c5ccccc5N(c5ccccc5)c5cc(N(c6ccc(-c7ccccc7)cc6)c6ccccc6-c6ccccc6)cc2c53)B2c3ccccc3N(c3ccccc3)c3cc(N(c5ccccc5)c5ccccc5)cc(c32)S4)c(-c2ccccc2)c1. The molecule has 0 N–H and O–H groups in total. The maximum atomic E-state index is 18.8. The second-order valence-electron chi connectivity index (χ2n) is 25.8. The summed E-state index contributed by atoms with van der Waals surface area (Å²) in [5, 5.41) is 0. The minimum absolute atomic E-state index is 0.232. The topological polar surface area (TPSA) is 16.2 Å². The number of fused-ring (bicyclic) bond motifs is 8. The number of hydrogen-bond donors (Lipinski definition) is 0. The van der Waals surface area contributed by atoms with Crippen LogP contribution in [-0.2, 0) is 0 Å². The number of benzene rings is 15. The number of nitrogens with zero attached hydrogens (tertiary/aromatic N) is 5. The molecule has 4 heterocycles. The van der Waals surface area contributed by atoms with Crippen LogP contribution < -0.4 is 57.3 Å². The van der Waals surface area contributed by atoms with Gasteiger partial charge in [-0.1, -0.05) is 254 Å². The van der Waals surface area contributed by atoms with Gasteiger partial charge in [0.05, 0.1) is 17.1 Å². The maximum absolute atomic E-state index is 18.8. The summed E-state index contributed by atoms with van der Waals surface area (Å²) in [7, 11) is 0. The van der Waals surface area contributed by atoms with Crippen LogP contribution in [0.1, 0.15) is 0 Å². The molecule has 0 radical (unpaired) electrons. The fourth-order valence-electron chi connectivity index (χ4n) is 15.9. The van der Waals surface area contributed by atoms with Gasteiger partial charge in [-0.3, -0.25) is 0 Å². The van der Waals surface area contributed by atoms with Crippen LogP contribution in [-0.4, -0.2) is 13.4 Å². The van der Waals surface area contributed by atoms with Gasteiger partial charge in [-0.05, 0) is 165 Å². The average Bonchev–Trinajstić information content (AvgIpc) is 0.681. The molecule has 0 spiro atoms. The molecule has 5 nitrogen and oxygen atoms in total. The van der Waals surface area contributed by atoms with E-state index >= 15 is 8.78 Å². The number of anilines is 15. The highest BCUT2D eigenvalue weighted by Gasteiger charge is 2.48. The Hall–Kier alpha value is -12.4. The Balaban J connectivity index is 0.920. The van der Waals surface area contributed by atoms with Crippen molar-refractivity contribution in [1.82, 2.24) is 0 Å². The summed E-state index contributed by atoms with van der Waals surface area (Å²) in [4.78, 5) is 13.9. The largest absolute Gasteiger partial charge is 0.311 e. The standard InChI is InChI=1S/C90H59B2F2N5S/c93-64-52-73(63-32-12-3-13-33-63)90(78(94)53-64)99-82-59-86-77(92-75-44-24-27-47-81(75)98(68-40-20-7-21-41-68)85-56-71(57-87(100-86)89(85)92)95(65-34-14-4-15-35-65)66-36-16-5-17-37-66)58-76(82)91-74-43-23-26-46-80(74)97(67-38-18-6-19-39-67)83-54-70(55-84(99)88(83)91)96(69-50-48-61(49-51-69)60-28-8-1-9-29-60)79-45-25-22-42-72(79)62-30-10-2-11-31-62/h1-59H. The van der Waals surface area contributed by atoms with Crippen molar-refractivity contribution >= 4 is 143 Å². The summed E-state index contributed by atoms with van der Waals surface area (Å²) in [5.74, 6) is -1.35. The van der Waals surface area contributed by atoms with Gasteiger partial charge in [0.15, 0.2) is 5.82 Å². The first kappa shape index (κ1) is 58.9. The zero-order valence-corrected chi connectivity index (χ0v) is 54.9. The summed E-state index contributed by atoms with van der Waals surface area (Å²) in [6.45, 7) is -0.618. The Labute approximate surface area is 585 Å². The number of hydrogen-bond acceptors (Lipinski definition) is 6. The van der Waals surface area contributed by atoms with Gasteiger partial charge in [0.2, 0.25) is 6.71 Å².